The molecule has 0 aliphatic carbocycles. The quantitative estimate of drug-likeness (QED) is 0.750. The predicted octanol–water partition coefficient (Wildman–Crippen LogP) is 3.31. The number of fused-ring (bicyclic) bond motifs is 1. The van der Waals surface area contributed by atoms with Crippen molar-refractivity contribution in [2.45, 2.75) is 13.1 Å². The first-order chi connectivity index (χ1) is 10.4. The van der Waals surface area contributed by atoms with Crippen molar-refractivity contribution in [3.05, 3.63) is 58.3 Å². The summed E-state index contributed by atoms with van der Waals surface area (Å²) in [7, 11) is 0. The second-order valence-electron chi connectivity index (χ2n) is 4.76. The summed E-state index contributed by atoms with van der Waals surface area (Å²) in [6, 6.07) is 5.48. The fraction of sp³-hybridized carbons (Fsp3) is 0.133. The van der Waals surface area contributed by atoms with Crippen LogP contribution >= 0.6 is 0 Å². The van der Waals surface area contributed by atoms with Crippen LogP contribution in [0.25, 0.3) is 22.2 Å². The molecule has 0 fully saturated rings. The minimum absolute atomic E-state index is 0.125. The average Bonchev–Trinajstić information content (AvgIpc) is 2.46. The Morgan fingerprint density at radius 3 is 2.64 bits per heavy atom. The number of H-pyrrole nitrogens is 1. The zero-order valence-electron chi connectivity index (χ0n) is 11.4. The van der Waals surface area contributed by atoms with E-state index in [9.17, 15) is 18.0 Å². The minimum atomic E-state index is -4.44. The summed E-state index contributed by atoms with van der Waals surface area (Å²) in [6.07, 6.45) is -1.52. The molecule has 0 aliphatic rings. The van der Waals surface area contributed by atoms with Gasteiger partial charge in [0.05, 0.1) is 27.9 Å². The third-order valence-electron chi connectivity index (χ3n) is 3.32. The Hall–Kier alpha value is -2.70. The number of nitrogens with one attached hydrogen (secondary N) is 1. The molecule has 0 radical (unpaired) electrons. The molecule has 0 unspecified atom stereocenters. The van der Waals surface area contributed by atoms with Crippen LogP contribution in [0.15, 0.2) is 41.5 Å². The van der Waals surface area contributed by atoms with Crippen LogP contribution in [-0.4, -0.2) is 15.0 Å². The normalized spacial score (nSPS) is 11.8. The van der Waals surface area contributed by atoms with Crippen molar-refractivity contribution in [3.8, 4) is 11.3 Å². The maximum absolute atomic E-state index is 12.8. The minimum Gasteiger partial charge on any atom is -0.328 e. The number of aromatic nitrogens is 3. The van der Waals surface area contributed by atoms with E-state index in [-0.39, 0.29) is 11.3 Å². The van der Waals surface area contributed by atoms with E-state index in [4.69, 9.17) is 0 Å². The monoisotopic (exact) mass is 305 g/mol. The molecule has 0 amide bonds. The first kappa shape index (κ1) is 14.2. The van der Waals surface area contributed by atoms with E-state index >= 15 is 0 Å². The highest BCUT2D eigenvalue weighted by molar-refractivity contribution is 5.91. The zero-order chi connectivity index (χ0) is 15.9. The molecule has 3 rings (SSSR count). The Kier molecular flexibility index (Phi) is 3.20. The van der Waals surface area contributed by atoms with Gasteiger partial charge in [-0.25, -0.2) is 0 Å². The van der Waals surface area contributed by atoms with Gasteiger partial charge in [0.25, 0.3) is 5.56 Å². The Balaban J connectivity index is 2.23. The van der Waals surface area contributed by atoms with E-state index in [1.807, 2.05) is 0 Å². The number of hydrogen-bond donors (Lipinski definition) is 1. The zero-order valence-corrected chi connectivity index (χ0v) is 11.4. The van der Waals surface area contributed by atoms with Crippen molar-refractivity contribution < 1.29 is 13.2 Å². The third kappa shape index (κ3) is 2.34. The molecule has 3 heterocycles. The lowest BCUT2D eigenvalue weighted by molar-refractivity contribution is -0.138. The number of alkyl halides is 3. The highest BCUT2D eigenvalue weighted by atomic mass is 19.4. The molecule has 0 saturated carbocycles. The molecular weight excluding hydrogens is 295 g/mol. The molecule has 112 valence electrons. The summed E-state index contributed by atoms with van der Waals surface area (Å²) >= 11 is 0. The van der Waals surface area contributed by atoms with E-state index in [1.165, 1.54) is 25.4 Å². The van der Waals surface area contributed by atoms with Gasteiger partial charge >= 0.3 is 6.18 Å². The maximum Gasteiger partial charge on any atom is 0.418 e. The van der Waals surface area contributed by atoms with Gasteiger partial charge in [-0.05, 0) is 31.2 Å². The van der Waals surface area contributed by atoms with Gasteiger partial charge in [0.15, 0.2) is 0 Å². The molecule has 1 N–H and O–H groups in total. The SMILES string of the molecule is Cc1nc(-c2c[nH]c(=O)c3cccnc23)ccc1C(F)(F)F. The van der Waals surface area contributed by atoms with Crippen molar-refractivity contribution in [3.63, 3.8) is 0 Å². The first-order valence-corrected chi connectivity index (χ1v) is 6.39. The number of rotatable bonds is 1. The van der Waals surface area contributed by atoms with E-state index in [0.717, 1.165) is 6.07 Å². The summed E-state index contributed by atoms with van der Waals surface area (Å²) < 4.78 is 38.4. The van der Waals surface area contributed by atoms with Crippen molar-refractivity contribution in [1.82, 2.24) is 15.0 Å². The van der Waals surface area contributed by atoms with Crippen LogP contribution in [0.5, 0.6) is 0 Å². The smallest absolute Gasteiger partial charge is 0.328 e. The lowest BCUT2D eigenvalue weighted by atomic mass is 10.1. The van der Waals surface area contributed by atoms with Gasteiger partial charge in [-0.1, -0.05) is 0 Å². The van der Waals surface area contributed by atoms with Crippen molar-refractivity contribution in [1.29, 1.82) is 0 Å². The fourth-order valence-electron chi connectivity index (χ4n) is 2.29. The predicted molar refractivity (Wildman–Crippen MR) is 75.3 cm³/mol. The Morgan fingerprint density at radius 2 is 1.95 bits per heavy atom. The Labute approximate surface area is 122 Å². The molecule has 4 nitrogen and oxygen atoms in total. The molecule has 0 aliphatic heterocycles. The number of aryl methyl sites for hydroxylation is 1. The molecule has 3 aromatic rings. The highest BCUT2D eigenvalue weighted by Crippen LogP contribution is 2.33. The molecule has 3 aromatic heterocycles. The topological polar surface area (TPSA) is 58.6 Å². The first-order valence-electron chi connectivity index (χ1n) is 6.39. The second kappa shape index (κ2) is 4.94. The molecule has 0 aromatic carbocycles. The van der Waals surface area contributed by atoms with Crippen molar-refractivity contribution in [2.24, 2.45) is 0 Å². The van der Waals surface area contributed by atoms with Gasteiger partial charge in [-0.3, -0.25) is 14.8 Å². The standard InChI is InChI=1S/C15H10F3N3O/c1-8-11(15(16,17)18)4-5-12(21-8)10-7-20-14(22)9-3-2-6-19-13(9)10/h2-7H,1H3,(H,20,22). The number of hydrogen-bond acceptors (Lipinski definition) is 3. The van der Waals surface area contributed by atoms with E-state index in [1.54, 1.807) is 12.1 Å². The molecule has 22 heavy (non-hydrogen) atoms. The lowest BCUT2D eigenvalue weighted by Gasteiger charge is -2.11. The average molecular weight is 305 g/mol. The van der Waals surface area contributed by atoms with Gasteiger partial charge in [0.2, 0.25) is 0 Å². The second-order valence-corrected chi connectivity index (χ2v) is 4.76. The van der Waals surface area contributed by atoms with Crippen LogP contribution in [0, 0.1) is 6.92 Å². The number of aromatic amines is 1. The van der Waals surface area contributed by atoms with Crippen LogP contribution in [0.4, 0.5) is 13.2 Å². The lowest BCUT2D eigenvalue weighted by Crippen LogP contribution is -2.10. The third-order valence-corrected chi connectivity index (χ3v) is 3.32. The van der Waals surface area contributed by atoms with Crippen molar-refractivity contribution >= 4 is 10.9 Å². The largest absolute Gasteiger partial charge is 0.418 e. The van der Waals surface area contributed by atoms with E-state index in [2.05, 4.69) is 15.0 Å². The summed E-state index contributed by atoms with van der Waals surface area (Å²) in [5.41, 5.74) is -0.0101. The number of pyridine rings is 3. The molecular formula is C15H10F3N3O. The number of nitrogens with zero attached hydrogens (tertiary/aromatic N) is 2. The van der Waals surface area contributed by atoms with Gasteiger partial charge in [-0.15, -0.1) is 0 Å². The van der Waals surface area contributed by atoms with E-state index < -0.39 is 11.7 Å². The molecule has 0 saturated heterocycles. The van der Waals surface area contributed by atoms with Crippen LogP contribution in [0.3, 0.4) is 0 Å². The van der Waals surface area contributed by atoms with Crippen LogP contribution in [0.2, 0.25) is 0 Å². The van der Waals surface area contributed by atoms with Crippen molar-refractivity contribution in [2.75, 3.05) is 0 Å². The van der Waals surface area contributed by atoms with Gasteiger partial charge < -0.3 is 4.98 Å². The fourth-order valence-corrected chi connectivity index (χ4v) is 2.29. The highest BCUT2D eigenvalue weighted by Gasteiger charge is 2.33. The van der Waals surface area contributed by atoms with Gasteiger partial charge in [-0.2, -0.15) is 13.2 Å². The van der Waals surface area contributed by atoms with E-state index in [0.29, 0.717) is 22.2 Å². The van der Waals surface area contributed by atoms with Crippen LogP contribution in [0.1, 0.15) is 11.3 Å². The van der Waals surface area contributed by atoms with Gasteiger partial charge in [0.1, 0.15) is 0 Å². The Morgan fingerprint density at radius 1 is 1.18 bits per heavy atom. The summed E-state index contributed by atoms with van der Waals surface area (Å²) in [5.74, 6) is 0. The molecule has 0 bridgehead atoms. The summed E-state index contributed by atoms with van der Waals surface area (Å²) in [4.78, 5) is 22.4. The van der Waals surface area contributed by atoms with Crippen LogP contribution < -0.4 is 5.56 Å². The number of halogens is 3. The summed E-state index contributed by atoms with van der Waals surface area (Å²) in [5, 5.41) is 0.361. The maximum atomic E-state index is 12.8. The summed E-state index contributed by atoms with van der Waals surface area (Å²) in [6.45, 7) is 1.30. The van der Waals surface area contributed by atoms with Crippen LogP contribution in [-0.2, 0) is 6.18 Å². The molecule has 0 spiro atoms. The Bertz CT molecular complexity index is 916. The van der Waals surface area contributed by atoms with Gasteiger partial charge in [0, 0.05) is 18.0 Å². The molecule has 0 atom stereocenters. The molecule has 7 heteroatoms.